The molecule has 4 heteroatoms. The molecule has 4 nitrogen and oxygen atoms in total. The van der Waals surface area contributed by atoms with Gasteiger partial charge in [0.15, 0.2) is 17.6 Å². The molecule has 15 heavy (non-hydrogen) atoms. The lowest BCUT2D eigenvalue weighted by Crippen LogP contribution is -2.33. The number of ether oxygens (including phenoxy) is 3. The van der Waals surface area contributed by atoms with Crippen molar-refractivity contribution in [3.05, 3.63) is 24.3 Å². The highest BCUT2D eigenvalue weighted by molar-refractivity contribution is 5.40. The summed E-state index contributed by atoms with van der Waals surface area (Å²) in [6.45, 7) is 1.29. The van der Waals surface area contributed by atoms with Crippen LogP contribution >= 0.6 is 0 Å². The molecule has 1 aliphatic rings. The van der Waals surface area contributed by atoms with Gasteiger partial charge in [0, 0.05) is 0 Å². The van der Waals surface area contributed by atoms with Gasteiger partial charge in [-0.05, 0) is 12.1 Å². The minimum atomic E-state index is -0.0913. The van der Waals surface area contributed by atoms with Crippen molar-refractivity contribution in [1.82, 2.24) is 0 Å². The molecule has 0 amide bonds. The Morgan fingerprint density at radius 3 is 2.93 bits per heavy atom. The van der Waals surface area contributed by atoms with Crippen molar-refractivity contribution >= 4 is 0 Å². The van der Waals surface area contributed by atoms with Crippen molar-refractivity contribution in [2.75, 3.05) is 26.4 Å². The summed E-state index contributed by atoms with van der Waals surface area (Å²) in [7, 11) is 0. The van der Waals surface area contributed by atoms with Gasteiger partial charge < -0.3 is 19.3 Å². The molecule has 0 fully saturated rings. The van der Waals surface area contributed by atoms with Crippen molar-refractivity contribution in [1.29, 1.82) is 0 Å². The second-order valence-electron chi connectivity index (χ2n) is 3.30. The number of hydrogen-bond donors (Lipinski definition) is 1. The molecule has 1 aromatic rings. The van der Waals surface area contributed by atoms with E-state index in [1.807, 2.05) is 24.3 Å². The summed E-state index contributed by atoms with van der Waals surface area (Å²) in [6, 6.07) is 7.55. The van der Waals surface area contributed by atoms with E-state index in [0.717, 1.165) is 11.5 Å². The summed E-state index contributed by atoms with van der Waals surface area (Å²) in [5.41, 5.74) is 0. The van der Waals surface area contributed by atoms with Gasteiger partial charge in [0.1, 0.15) is 6.61 Å². The van der Waals surface area contributed by atoms with Crippen LogP contribution in [0.5, 0.6) is 11.5 Å². The zero-order valence-electron chi connectivity index (χ0n) is 8.39. The number of aliphatic hydroxyl groups excluding tert-OH is 1. The smallest absolute Gasteiger partial charge is 0.161 e. The average molecular weight is 210 g/mol. The zero-order chi connectivity index (χ0) is 10.5. The van der Waals surface area contributed by atoms with Crippen LogP contribution in [0.4, 0.5) is 0 Å². The highest BCUT2D eigenvalue weighted by Crippen LogP contribution is 2.30. The lowest BCUT2D eigenvalue weighted by Gasteiger charge is -2.26. The maximum atomic E-state index is 8.56. The molecule has 0 bridgehead atoms. The van der Waals surface area contributed by atoms with Crippen LogP contribution < -0.4 is 9.47 Å². The van der Waals surface area contributed by atoms with Crippen LogP contribution in [0.2, 0.25) is 0 Å². The standard InChI is InChI=1S/C11H14O4/c12-5-6-13-7-9-8-14-10-3-1-2-4-11(10)15-9/h1-4,9,12H,5-8H2. The van der Waals surface area contributed by atoms with Gasteiger partial charge in [-0.2, -0.15) is 0 Å². The first kappa shape index (κ1) is 10.3. The van der Waals surface area contributed by atoms with Gasteiger partial charge in [0.05, 0.1) is 19.8 Å². The first-order valence-electron chi connectivity index (χ1n) is 4.97. The minimum Gasteiger partial charge on any atom is -0.486 e. The van der Waals surface area contributed by atoms with Crippen LogP contribution in [0.1, 0.15) is 0 Å². The Morgan fingerprint density at radius 2 is 2.13 bits per heavy atom. The van der Waals surface area contributed by atoms with E-state index in [0.29, 0.717) is 19.8 Å². The largest absolute Gasteiger partial charge is 0.486 e. The molecular weight excluding hydrogens is 196 g/mol. The van der Waals surface area contributed by atoms with Crippen LogP contribution in [0.15, 0.2) is 24.3 Å². The Bertz CT molecular complexity index is 313. The Labute approximate surface area is 88.4 Å². The SMILES string of the molecule is OCCOCC1COc2ccccc2O1. The third-order valence-electron chi connectivity index (χ3n) is 2.11. The Kier molecular flexibility index (Phi) is 3.42. The summed E-state index contributed by atoms with van der Waals surface area (Å²) in [6.07, 6.45) is -0.0913. The molecule has 0 aromatic heterocycles. The van der Waals surface area contributed by atoms with Gasteiger partial charge in [-0.1, -0.05) is 12.1 Å². The molecule has 1 heterocycles. The van der Waals surface area contributed by atoms with Crippen molar-refractivity contribution in [3.8, 4) is 11.5 Å². The van der Waals surface area contributed by atoms with E-state index >= 15 is 0 Å². The molecule has 0 radical (unpaired) electrons. The number of rotatable bonds is 4. The van der Waals surface area contributed by atoms with E-state index in [1.54, 1.807) is 0 Å². The second kappa shape index (κ2) is 5.00. The van der Waals surface area contributed by atoms with Crippen LogP contribution in [0.25, 0.3) is 0 Å². The van der Waals surface area contributed by atoms with Gasteiger partial charge >= 0.3 is 0 Å². The van der Waals surface area contributed by atoms with E-state index in [9.17, 15) is 0 Å². The Balaban J connectivity index is 1.88. The summed E-state index contributed by atoms with van der Waals surface area (Å²) in [5.74, 6) is 1.53. The number of para-hydroxylation sites is 2. The third kappa shape index (κ3) is 2.61. The van der Waals surface area contributed by atoms with Gasteiger partial charge in [-0.3, -0.25) is 0 Å². The summed E-state index contributed by atoms with van der Waals surface area (Å²) in [5, 5.41) is 8.56. The molecule has 0 spiro atoms. The summed E-state index contributed by atoms with van der Waals surface area (Å²) < 4.78 is 16.3. The highest BCUT2D eigenvalue weighted by Gasteiger charge is 2.20. The van der Waals surface area contributed by atoms with Crippen LogP contribution in [0, 0.1) is 0 Å². The van der Waals surface area contributed by atoms with Crippen molar-refractivity contribution in [3.63, 3.8) is 0 Å². The first-order valence-corrected chi connectivity index (χ1v) is 4.97. The lowest BCUT2D eigenvalue weighted by molar-refractivity contribution is -0.000992. The predicted molar refractivity (Wildman–Crippen MR) is 54.3 cm³/mol. The average Bonchev–Trinajstić information content (AvgIpc) is 2.29. The molecule has 1 aliphatic heterocycles. The monoisotopic (exact) mass is 210 g/mol. The molecule has 0 saturated carbocycles. The number of fused-ring (bicyclic) bond motifs is 1. The van der Waals surface area contributed by atoms with Crippen LogP contribution in [0.3, 0.4) is 0 Å². The number of benzene rings is 1. The molecule has 0 saturated heterocycles. The van der Waals surface area contributed by atoms with E-state index in [2.05, 4.69) is 0 Å². The predicted octanol–water partition coefficient (Wildman–Crippen LogP) is 0.835. The molecule has 1 N–H and O–H groups in total. The number of hydrogen-bond acceptors (Lipinski definition) is 4. The lowest BCUT2D eigenvalue weighted by atomic mass is 10.3. The second-order valence-corrected chi connectivity index (χ2v) is 3.30. The highest BCUT2D eigenvalue weighted by atomic mass is 16.6. The van der Waals surface area contributed by atoms with Gasteiger partial charge in [-0.25, -0.2) is 0 Å². The third-order valence-corrected chi connectivity index (χ3v) is 2.11. The van der Waals surface area contributed by atoms with E-state index in [4.69, 9.17) is 19.3 Å². The molecule has 0 aliphatic carbocycles. The van der Waals surface area contributed by atoms with E-state index in [1.165, 1.54) is 0 Å². The fraction of sp³-hybridized carbons (Fsp3) is 0.455. The van der Waals surface area contributed by atoms with Gasteiger partial charge in [0.2, 0.25) is 0 Å². The number of aliphatic hydroxyl groups is 1. The normalized spacial score (nSPS) is 18.9. The van der Waals surface area contributed by atoms with Crippen molar-refractivity contribution in [2.45, 2.75) is 6.10 Å². The van der Waals surface area contributed by atoms with E-state index in [-0.39, 0.29) is 12.7 Å². The van der Waals surface area contributed by atoms with Gasteiger partial charge in [-0.15, -0.1) is 0 Å². The Hall–Kier alpha value is -1.26. The first-order chi connectivity index (χ1) is 7.40. The topological polar surface area (TPSA) is 47.9 Å². The fourth-order valence-corrected chi connectivity index (χ4v) is 1.42. The van der Waals surface area contributed by atoms with E-state index < -0.39 is 0 Å². The fourth-order valence-electron chi connectivity index (χ4n) is 1.42. The summed E-state index contributed by atoms with van der Waals surface area (Å²) >= 11 is 0. The zero-order valence-corrected chi connectivity index (χ0v) is 8.39. The maximum Gasteiger partial charge on any atom is 0.161 e. The Morgan fingerprint density at radius 1 is 1.33 bits per heavy atom. The molecular formula is C11H14O4. The maximum absolute atomic E-state index is 8.56. The van der Waals surface area contributed by atoms with Gasteiger partial charge in [0.25, 0.3) is 0 Å². The van der Waals surface area contributed by atoms with Crippen LogP contribution in [-0.2, 0) is 4.74 Å². The molecule has 82 valence electrons. The van der Waals surface area contributed by atoms with Crippen molar-refractivity contribution < 1.29 is 19.3 Å². The quantitative estimate of drug-likeness (QED) is 0.748. The van der Waals surface area contributed by atoms with Crippen molar-refractivity contribution in [2.24, 2.45) is 0 Å². The molecule has 1 unspecified atom stereocenters. The molecule has 1 aromatic carbocycles. The van der Waals surface area contributed by atoms with Crippen LogP contribution in [-0.4, -0.2) is 37.6 Å². The molecule has 1 atom stereocenters. The minimum absolute atomic E-state index is 0.0319. The summed E-state index contributed by atoms with van der Waals surface area (Å²) in [4.78, 5) is 0. The molecule has 2 rings (SSSR count).